The van der Waals surface area contributed by atoms with Crippen LogP contribution < -0.4 is 4.90 Å². The lowest BCUT2D eigenvalue weighted by Crippen LogP contribution is -2.11. The minimum atomic E-state index is 1.08. The number of hydrogen-bond acceptors (Lipinski definition) is 2. The van der Waals surface area contributed by atoms with Crippen LogP contribution in [0.15, 0.2) is 261 Å². The van der Waals surface area contributed by atoms with Crippen LogP contribution in [0.1, 0.15) is 0 Å². The summed E-state index contributed by atoms with van der Waals surface area (Å²) in [5.74, 6) is 0. The fourth-order valence-electron chi connectivity index (χ4n) is 9.57. The first-order valence-corrected chi connectivity index (χ1v) is 23.4. The monoisotopic (exact) mass is 857 g/mol. The summed E-state index contributed by atoms with van der Waals surface area (Å²) < 4.78 is 2.63. The van der Waals surface area contributed by atoms with Gasteiger partial charge in [0, 0.05) is 37.1 Å². The van der Waals surface area contributed by atoms with Gasteiger partial charge in [0.15, 0.2) is 0 Å². The van der Waals surface area contributed by atoms with E-state index < -0.39 is 0 Å². The van der Waals surface area contributed by atoms with Gasteiger partial charge >= 0.3 is 0 Å². The van der Waals surface area contributed by atoms with E-state index in [1.807, 2.05) is 11.3 Å². The Morgan fingerprint density at radius 3 is 1.44 bits per heavy atom. The van der Waals surface area contributed by atoms with Crippen LogP contribution >= 0.6 is 11.3 Å². The van der Waals surface area contributed by atoms with Crippen molar-refractivity contribution in [1.82, 2.24) is 0 Å². The van der Waals surface area contributed by atoms with Gasteiger partial charge in [0.05, 0.1) is 5.69 Å². The molecule has 0 fully saturated rings. The maximum absolute atomic E-state index is 2.44. The molecule has 310 valence electrons. The van der Waals surface area contributed by atoms with E-state index in [1.54, 1.807) is 0 Å². The van der Waals surface area contributed by atoms with Crippen LogP contribution in [0.5, 0.6) is 0 Å². The van der Waals surface area contributed by atoms with Crippen molar-refractivity contribution in [2.24, 2.45) is 0 Å². The fourth-order valence-corrected chi connectivity index (χ4v) is 10.8. The molecule has 66 heavy (non-hydrogen) atoms. The lowest BCUT2D eigenvalue weighted by atomic mass is 9.91. The minimum absolute atomic E-state index is 1.08. The lowest BCUT2D eigenvalue weighted by molar-refractivity contribution is 1.28. The van der Waals surface area contributed by atoms with E-state index >= 15 is 0 Å². The van der Waals surface area contributed by atoms with E-state index in [9.17, 15) is 0 Å². The smallest absolute Gasteiger partial charge is 0.0546 e. The van der Waals surface area contributed by atoms with Crippen molar-refractivity contribution < 1.29 is 0 Å². The molecule has 0 amide bonds. The maximum atomic E-state index is 2.44. The van der Waals surface area contributed by atoms with Gasteiger partial charge in [0.25, 0.3) is 0 Å². The number of nitrogens with zero attached hydrogens (tertiary/aromatic N) is 1. The van der Waals surface area contributed by atoms with Crippen molar-refractivity contribution in [3.8, 4) is 66.8 Å². The summed E-state index contributed by atoms with van der Waals surface area (Å²) in [6.07, 6.45) is 0. The Morgan fingerprint density at radius 2 is 0.742 bits per heavy atom. The first kappa shape index (κ1) is 39.3. The second kappa shape index (κ2) is 17.0. The third-order valence-corrected chi connectivity index (χ3v) is 14.1. The molecule has 0 aliphatic rings. The highest BCUT2D eigenvalue weighted by Crippen LogP contribution is 2.46. The average Bonchev–Trinajstić information content (AvgIpc) is 3.79. The molecule has 1 heterocycles. The van der Waals surface area contributed by atoms with Crippen molar-refractivity contribution in [3.05, 3.63) is 261 Å². The van der Waals surface area contributed by atoms with Gasteiger partial charge in [-0.05, 0) is 121 Å². The second-order valence-corrected chi connectivity index (χ2v) is 17.9. The number of anilines is 3. The zero-order valence-corrected chi connectivity index (χ0v) is 37.0. The molecule has 2 heteroatoms. The molecule has 1 nitrogen and oxygen atoms in total. The Kier molecular flexibility index (Phi) is 10.1. The maximum Gasteiger partial charge on any atom is 0.0546 e. The van der Waals surface area contributed by atoms with Crippen LogP contribution in [0.2, 0.25) is 0 Å². The Balaban J connectivity index is 1.01. The third-order valence-electron chi connectivity index (χ3n) is 12.9. The lowest BCUT2D eigenvalue weighted by Gasteiger charge is -2.29. The summed E-state index contributed by atoms with van der Waals surface area (Å²) >= 11 is 1.88. The molecular weight excluding hydrogens is 815 g/mol. The molecule has 0 radical (unpaired) electrons. The summed E-state index contributed by atoms with van der Waals surface area (Å²) in [5, 5.41) is 5.09. The van der Waals surface area contributed by atoms with Crippen LogP contribution in [0.25, 0.3) is 97.7 Å². The van der Waals surface area contributed by atoms with E-state index in [4.69, 9.17) is 0 Å². The Hall–Kier alpha value is -8.30. The molecular formula is C64H43NS. The standard InChI is InChI=1S/C64H43NS/c1-4-16-46(17-5-1)56-39-33-52(42-61(56)48-20-8-3-9-21-48)45-29-35-54(36-30-45)65(55-37-31-49(32-38-55)58-24-14-25-60-59-23-12-13-26-63(59)66-64(58)60)62-43-53(34-40-57(62)47-18-6-2-7-19-47)51-28-27-44-15-10-11-22-50(44)41-51/h1-43H. The van der Waals surface area contributed by atoms with Crippen LogP contribution in [-0.4, -0.2) is 0 Å². The molecule has 11 aromatic carbocycles. The van der Waals surface area contributed by atoms with Gasteiger partial charge in [-0.2, -0.15) is 0 Å². The number of rotatable bonds is 9. The van der Waals surface area contributed by atoms with Crippen molar-refractivity contribution in [2.75, 3.05) is 4.90 Å². The van der Waals surface area contributed by atoms with Gasteiger partial charge in [0.2, 0.25) is 0 Å². The highest BCUT2D eigenvalue weighted by Gasteiger charge is 2.20. The molecule has 12 aromatic rings. The highest BCUT2D eigenvalue weighted by molar-refractivity contribution is 7.26. The summed E-state index contributed by atoms with van der Waals surface area (Å²) in [5.41, 5.74) is 17.6. The zero-order chi connectivity index (χ0) is 43.8. The highest BCUT2D eigenvalue weighted by atomic mass is 32.1. The fraction of sp³-hybridized carbons (Fsp3) is 0. The van der Waals surface area contributed by atoms with E-state index in [0.29, 0.717) is 0 Å². The SMILES string of the molecule is c1ccc(-c2ccc(-c3ccc(N(c4ccc(-c5cccc6c5sc5ccccc56)cc4)c4cc(-c5ccc6ccccc6c5)ccc4-c4ccccc4)cc3)cc2-c2ccccc2)cc1. The predicted octanol–water partition coefficient (Wildman–Crippen LogP) is 18.7. The third kappa shape index (κ3) is 7.34. The topological polar surface area (TPSA) is 3.24 Å². The van der Waals surface area contributed by atoms with Crippen LogP contribution in [0.4, 0.5) is 17.1 Å². The van der Waals surface area contributed by atoms with Gasteiger partial charge in [0.1, 0.15) is 0 Å². The minimum Gasteiger partial charge on any atom is -0.310 e. The Morgan fingerprint density at radius 1 is 0.258 bits per heavy atom. The van der Waals surface area contributed by atoms with E-state index in [1.165, 1.54) is 81.0 Å². The van der Waals surface area contributed by atoms with Gasteiger partial charge in [-0.1, -0.05) is 212 Å². The van der Waals surface area contributed by atoms with Gasteiger partial charge in [-0.25, -0.2) is 0 Å². The average molecular weight is 858 g/mol. The molecule has 0 spiro atoms. The number of hydrogen-bond donors (Lipinski definition) is 0. The molecule has 1 aromatic heterocycles. The van der Waals surface area contributed by atoms with Crippen LogP contribution in [-0.2, 0) is 0 Å². The molecule has 0 saturated carbocycles. The number of fused-ring (bicyclic) bond motifs is 4. The number of thiophene rings is 1. The van der Waals surface area contributed by atoms with E-state index in [-0.39, 0.29) is 0 Å². The molecule has 0 bridgehead atoms. The van der Waals surface area contributed by atoms with Crippen molar-refractivity contribution in [2.45, 2.75) is 0 Å². The first-order valence-electron chi connectivity index (χ1n) is 22.6. The quantitative estimate of drug-likeness (QED) is 0.140. The summed E-state index contributed by atoms with van der Waals surface area (Å²) in [7, 11) is 0. The summed E-state index contributed by atoms with van der Waals surface area (Å²) in [6.45, 7) is 0. The molecule has 0 atom stereocenters. The van der Waals surface area contributed by atoms with Gasteiger partial charge < -0.3 is 4.90 Å². The Labute approximate surface area is 389 Å². The van der Waals surface area contributed by atoms with E-state index in [2.05, 4.69) is 266 Å². The molecule has 12 rings (SSSR count). The van der Waals surface area contributed by atoms with E-state index in [0.717, 1.165) is 33.8 Å². The molecule has 0 aliphatic carbocycles. The summed E-state index contributed by atoms with van der Waals surface area (Å²) in [4.78, 5) is 2.44. The first-order chi connectivity index (χ1) is 32.7. The molecule has 0 aliphatic heterocycles. The van der Waals surface area contributed by atoms with Crippen LogP contribution in [0.3, 0.4) is 0 Å². The predicted molar refractivity (Wildman–Crippen MR) is 284 cm³/mol. The van der Waals surface area contributed by atoms with Crippen LogP contribution in [0, 0.1) is 0 Å². The Bertz CT molecular complexity index is 3670. The second-order valence-electron chi connectivity index (χ2n) is 16.9. The largest absolute Gasteiger partial charge is 0.310 e. The molecule has 0 N–H and O–H groups in total. The normalized spacial score (nSPS) is 11.3. The van der Waals surface area contributed by atoms with Gasteiger partial charge in [-0.3, -0.25) is 0 Å². The zero-order valence-electron chi connectivity index (χ0n) is 36.2. The van der Waals surface area contributed by atoms with Crippen molar-refractivity contribution in [3.63, 3.8) is 0 Å². The molecule has 0 saturated heterocycles. The van der Waals surface area contributed by atoms with Crippen molar-refractivity contribution >= 4 is 59.3 Å². The number of benzene rings is 11. The van der Waals surface area contributed by atoms with Crippen molar-refractivity contribution in [1.29, 1.82) is 0 Å². The summed E-state index contributed by atoms with van der Waals surface area (Å²) in [6, 6.07) is 95.2. The van der Waals surface area contributed by atoms with Gasteiger partial charge in [-0.15, -0.1) is 11.3 Å². The molecule has 0 unspecified atom stereocenters.